The second-order valence-corrected chi connectivity index (χ2v) is 7.54. The van der Waals surface area contributed by atoms with E-state index >= 15 is 0 Å². The first-order chi connectivity index (χ1) is 13.8. The van der Waals surface area contributed by atoms with E-state index in [2.05, 4.69) is 22.6 Å². The van der Waals surface area contributed by atoms with Crippen LogP contribution in [0.2, 0.25) is 0 Å². The molecule has 1 aliphatic heterocycles. The molecule has 0 aromatic heterocycles. The molecule has 4 amide bonds. The van der Waals surface area contributed by atoms with Crippen LogP contribution in [0.5, 0.6) is 11.5 Å². The summed E-state index contributed by atoms with van der Waals surface area (Å²) in [4.78, 5) is 38.5. The van der Waals surface area contributed by atoms with Crippen molar-refractivity contribution in [2.75, 3.05) is 21.2 Å². The molecular weight excluding hydrogens is 487 g/mol. The van der Waals surface area contributed by atoms with Gasteiger partial charge in [0.2, 0.25) is 0 Å². The maximum absolute atomic E-state index is 12.4. The van der Waals surface area contributed by atoms with Gasteiger partial charge in [-0.15, -0.1) is 0 Å². The van der Waals surface area contributed by atoms with Gasteiger partial charge in [-0.05, 0) is 51.9 Å². The number of likely N-dealkylation sites (N-methyl/N-ethyl adjacent to an activating group) is 2. The Morgan fingerprint density at radius 2 is 1.62 bits per heavy atom. The third-order valence-electron chi connectivity index (χ3n) is 4.43. The van der Waals surface area contributed by atoms with Gasteiger partial charge in [-0.1, -0.05) is 30.3 Å². The number of hydrogen-bond donors (Lipinski definition) is 0. The molecule has 2 aromatic rings. The lowest BCUT2D eigenvalue weighted by molar-refractivity contribution is -0.134. The van der Waals surface area contributed by atoms with E-state index in [1.165, 1.54) is 27.3 Å². The van der Waals surface area contributed by atoms with Gasteiger partial charge in [0.15, 0.2) is 11.5 Å². The Morgan fingerprint density at radius 3 is 2.21 bits per heavy atom. The van der Waals surface area contributed by atoms with E-state index in [9.17, 15) is 14.4 Å². The second-order valence-electron chi connectivity index (χ2n) is 6.38. The summed E-state index contributed by atoms with van der Waals surface area (Å²) in [6, 6.07) is 12.6. The number of carbonyl (C=O) groups excluding carboxylic acids is 3. The number of rotatable bonds is 5. The van der Waals surface area contributed by atoms with Crippen LogP contribution in [0.15, 0.2) is 48.0 Å². The van der Waals surface area contributed by atoms with Crippen LogP contribution in [0.3, 0.4) is 0 Å². The third-order valence-corrected chi connectivity index (χ3v) is 5.23. The van der Waals surface area contributed by atoms with Crippen LogP contribution < -0.4 is 9.47 Å². The van der Waals surface area contributed by atoms with Crippen LogP contribution in [0.4, 0.5) is 4.79 Å². The Kier molecular flexibility index (Phi) is 6.21. The molecule has 0 radical (unpaired) electrons. The van der Waals surface area contributed by atoms with Crippen molar-refractivity contribution in [1.82, 2.24) is 9.80 Å². The van der Waals surface area contributed by atoms with Crippen molar-refractivity contribution in [2.24, 2.45) is 0 Å². The van der Waals surface area contributed by atoms with Gasteiger partial charge in [0, 0.05) is 14.1 Å². The zero-order chi connectivity index (χ0) is 21.1. The van der Waals surface area contributed by atoms with Crippen LogP contribution in [-0.4, -0.2) is 48.9 Å². The number of methoxy groups -OCH3 is 1. The average molecular weight is 506 g/mol. The molecule has 0 atom stereocenters. The van der Waals surface area contributed by atoms with Gasteiger partial charge in [-0.25, -0.2) is 4.79 Å². The minimum absolute atomic E-state index is 0.0922. The SMILES string of the molecule is COc1cc(C=C2C(=O)N(C)C(=O)N(C)C2=O)cc(I)c1OCc1ccccc1. The number of carbonyl (C=O) groups is 3. The number of amides is 4. The highest BCUT2D eigenvalue weighted by molar-refractivity contribution is 14.1. The lowest BCUT2D eigenvalue weighted by Crippen LogP contribution is -2.52. The highest BCUT2D eigenvalue weighted by Gasteiger charge is 2.37. The number of urea groups is 1. The summed E-state index contributed by atoms with van der Waals surface area (Å²) >= 11 is 2.11. The van der Waals surface area contributed by atoms with E-state index in [-0.39, 0.29) is 5.57 Å². The van der Waals surface area contributed by atoms with E-state index in [1.54, 1.807) is 12.1 Å². The highest BCUT2D eigenvalue weighted by Crippen LogP contribution is 2.35. The van der Waals surface area contributed by atoms with Gasteiger partial charge in [-0.3, -0.25) is 19.4 Å². The Hall–Kier alpha value is -2.88. The summed E-state index contributed by atoms with van der Waals surface area (Å²) < 4.78 is 12.1. The third kappa shape index (κ3) is 4.26. The number of benzene rings is 2. The van der Waals surface area contributed by atoms with Gasteiger partial charge >= 0.3 is 6.03 Å². The fourth-order valence-corrected chi connectivity index (χ4v) is 3.62. The maximum Gasteiger partial charge on any atom is 0.333 e. The summed E-state index contributed by atoms with van der Waals surface area (Å²) in [6.07, 6.45) is 1.45. The minimum Gasteiger partial charge on any atom is -0.493 e. The predicted octanol–water partition coefficient (Wildman–Crippen LogP) is 3.31. The van der Waals surface area contributed by atoms with Crippen molar-refractivity contribution < 1.29 is 23.9 Å². The molecule has 7 nitrogen and oxygen atoms in total. The van der Waals surface area contributed by atoms with Crippen molar-refractivity contribution in [3.63, 3.8) is 0 Å². The van der Waals surface area contributed by atoms with Crippen LogP contribution in [0.25, 0.3) is 6.08 Å². The Morgan fingerprint density at radius 1 is 1.00 bits per heavy atom. The van der Waals surface area contributed by atoms with E-state index in [0.29, 0.717) is 23.7 Å². The van der Waals surface area contributed by atoms with E-state index < -0.39 is 17.8 Å². The van der Waals surface area contributed by atoms with E-state index in [4.69, 9.17) is 9.47 Å². The summed E-state index contributed by atoms with van der Waals surface area (Å²) in [6.45, 7) is 0.377. The van der Waals surface area contributed by atoms with Gasteiger partial charge in [0.25, 0.3) is 11.8 Å². The molecular formula is C21H19IN2O5. The molecule has 0 aliphatic carbocycles. The highest BCUT2D eigenvalue weighted by atomic mass is 127. The maximum atomic E-state index is 12.4. The first-order valence-electron chi connectivity index (χ1n) is 8.69. The van der Waals surface area contributed by atoms with Crippen LogP contribution in [0, 0.1) is 3.57 Å². The minimum atomic E-state index is -0.658. The normalized spacial score (nSPS) is 14.3. The van der Waals surface area contributed by atoms with Gasteiger partial charge in [0.1, 0.15) is 12.2 Å². The molecule has 0 bridgehead atoms. The number of hydrogen-bond acceptors (Lipinski definition) is 5. The molecule has 2 aromatic carbocycles. The fourth-order valence-electron chi connectivity index (χ4n) is 2.83. The molecule has 0 N–H and O–H groups in total. The van der Waals surface area contributed by atoms with Crippen molar-refractivity contribution >= 4 is 46.5 Å². The quantitative estimate of drug-likeness (QED) is 0.354. The van der Waals surface area contributed by atoms with Crippen molar-refractivity contribution in [3.05, 3.63) is 62.7 Å². The molecule has 3 rings (SSSR count). The molecule has 150 valence electrons. The van der Waals surface area contributed by atoms with Crippen molar-refractivity contribution in [1.29, 1.82) is 0 Å². The van der Waals surface area contributed by atoms with E-state index in [1.807, 2.05) is 30.3 Å². The lowest BCUT2D eigenvalue weighted by Gasteiger charge is -2.28. The molecule has 0 saturated carbocycles. The first-order valence-corrected chi connectivity index (χ1v) is 9.77. The number of nitrogens with zero attached hydrogens (tertiary/aromatic N) is 2. The zero-order valence-electron chi connectivity index (χ0n) is 16.1. The Bertz CT molecular complexity index is 978. The first kappa shape index (κ1) is 20.8. The summed E-state index contributed by atoms with van der Waals surface area (Å²) in [5.41, 5.74) is 1.52. The summed E-state index contributed by atoms with van der Waals surface area (Å²) in [5.74, 6) is -0.231. The van der Waals surface area contributed by atoms with Crippen LogP contribution in [-0.2, 0) is 16.2 Å². The fraction of sp³-hybridized carbons (Fsp3) is 0.190. The van der Waals surface area contributed by atoms with Crippen molar-refractivity contribution in [2.45, 2.75) is 6.61 Å². The Labute approximate surface area is 182 Å². The Balaban J connectivity index is 1.92. The number of imide groups is 2. The molecule has 1 heterocycles. The predicted molar refractivity (Wildman–Crippen MR) is 115 cm³/mol. The lowest BCUT2D eigenvalue weighted by atomic mass is 10.1. The monoisotopic (exact) mass is 506 g/mol. The molecule has 0 spiro atoms. The summed E-state index contributed by atoms with van der Waals surface area (Å²) in [5, 5.41) is 0. The smallest absolute Gasteiger partial charge is 0.333 e. The molecule has 1 fully saturated rings. The number of ether oxygens (including phenoxy) is 2. The van der Waals surface area contributed by atoms with Crippen LogP contribution in [0.1, 0.15) is 11.1 Å². The van der Waals surface area contributed by atoms with Gasteiger partial charge < -0.3 is 9.47 Å². The molecule has 8 heteroatoms. The van der Waals surface area contributed by atoms with Gasteiger partial charge in [-0.2, -0.15) is 0 Å². The molecule has 1 saturated heterocycles. The van der Waals surface area contributed by atoms with Gasteiger partial charge in [0.05, 0.1) is 10.7 Å². The zero-order valence-corrected chi connectivity index (χ0v) is 18.3. The largest absolute Gasteiger partial charge is 0.493 e. The van der Waals surface area contributed by atoms with Crippen molar-refractivity contribution in [3.8, 4) is 11.5 Å². The molecule has 0 unspecified atom stereocenters. The number of halogens is 1. The van der Waals surface area contributed by atoms with E-state index in [0.717, 1.165) is 18.9 Å². The molecule has 29 heavy (non-hydrogen) atoms. The second kappa shape index (κ2) is 8.64. The summed E-state index contributed by atoms with van der Waals surface area (Å²) in [7, 11) is 4.20. The van der Waals surface area contributed by atoms with Crippen LogP contribution >= 0.6 is 22.6 Å². The standard InChI is InChI=1S/C21H19IN2O5/c1-23-19(25)15(20(26)24(2)21(23)27)9-14-10-16(22)18(17(11-14)28-3)29-12-13-7-5-4-6-8-13/h4-11H,12H2,1-3H3. The average Bonchev–Trinajstić information content (AvgIpc) is 2.73. The topological polar surface area (TPSA) is 76.2 Å². The molecule has 1 aliphatic rings. The number of barbiturate groups is 1.